The Kier molecular flexibility index (Phi) is 5.40. The molecule has 0 spiro atoms. The van der Waals surface area contributed by atoms with Gasteiger partial charge in [-0.1, -0.05) is 24.3 Å². The minimum atomic E-state index is -0.492. The van der Waals surface area contributed by atoms with Gasteiger partial charge in [0.1, 0.15) is 5.75 Å². The molecule has 1 amide bonds. The average Bonchev–Trinajstić information content (AvgIpc) is 2.56. The Morgan fingerprint density at radius 2 is 2.09 bits per heavy atom. The maximum Gasteiger partial charge on any atom is 0.275 e. The van der Waals surface area contributed by atoms with Crippen LogP contribution >= 0.6 is 0 Å². The van der Waals surface area contributed by atoms with Crippen molar-refractivity contribution < 1.29 is 14.5 Å². The zero-order valence-electron chi connectivity index (χ0n) is 12.4. The minimum Gasteiger partial charge on any atom is -0.493 e. The SMILES string of the molecule is CCOc1ccccc1C(=O)N/N=C/c1cccc([N+](=O)[O-])c1. The molecule has 2 aromatic carbocycles. The Hall–Kier alpha value is -3.22. The summed E-state index contributed by atoms with van der Waals surface area (Å²) in [5, 5.41) is 14.5. The first kappa shape index (κ1) is 16.2. The predicted molar refractivity (Wildman–Crippen MR) is 85.8 cm³/mol. The van der Waals surface area contributed by atoms with Crippen LogP contribution < -0.4 is 10.2 Å². The van der Waals surface area contributed by atoms with Gasteiger partial charge in [-0.05, 0) is 19.1 Å². The second-order valence-corrected chi connectivity index (χ2v) is 4.48. The highest BCUT2D eigenvalue weighted by Gasteiger charge is 2.10. The topological polar surface area (TPSA) is 93.8 Å². The standard InChI is InChI=1S/C16H15N3O4/c1-2-23-15-9-4-3-8-14(15)16(20)18-17-11-12-6-5-7-13(10-12)19(21)22/h3-11H,2H2,1H3,(H,18,20)/b17-11+. The average molecular weight is 313 g/mol. The molecule has 0 aromatic heterocycles. The van der Waals surface area contributed by atoms with Crippen LogP contribution in [0.15, 0.2) is 53.6 Å². The Morgan fingerprint density at radius 1 is 1.30 bits per heavy atom. The Bertz CT molecular complexity index is 744. The molecule has 0 fully saturated rings. The molecule has 118 valence electrons. The molecule has 0 heterocycles. The van der Waals surface area contributed by atoms with E-state index in [1.165, 1.54) is 18.3 Å². The lowest BCUT2D eigenvalue weighted by molar-refractivity contribution is -0.384. The molecule has 0 bridgehead atoms. The third kappa shape index (κ3) is 4.37. The number of hydrogen-bond donors (Lipinski definition) is 1. The van der Waals surface area contributed by atoms with Gasteiger partial charge in [-0.2, -0.15) is 5.10 Å². The van der Waals surface area contributed by atoms with Gasteiger partial charge < -0.3 is 4.74 Å². The van der Waals surface area contributed by atoms with Crippen LogP contribution in [0.3, 0.4) is 0 Å². The van der Waals surface area contributed by atoms with Crippen molar-refractivity contribution >= 4 is 17.8 Å². The molecule has 0 saturated carbocycles. The number of non-ortho nitro benzene ring substituents is 1. The highest BCUT2D eigenvalue weighted by molar-refractivity contribution is 5.97. The fourth-order valence-electron chi connectivity index (χ4n) is 1.88. The molecule has 2 aromatic rings. The number of hydrazone groups is 1. The lowest BCUT2D eigenvalue weighted by atomic mass is 10.2. The van der Waals surface area contributed by atoms with Gasteiger partial charge >= 0.3 is 0 Å². The van der Waals surface area contributed by atoms with Gasteiger partial charge in [0.05, 0.1) is 23.3 Å². The number of carbonyl (C=O) groups excluding carboxylic acids is 1. The van der Waals surface area contributed by atoms with E-state index < -0.39 is 10.8 Å². The van der Waals surface area contributed by atoms with E-state index >= 15 is 0 Å². The zero-order chi connectivity index (χ0) is 16.7. The van der Waals surface area contributed by atoms with Crippen LogP contribution in [0.5, 0.6) is 5.75 Å². The smallest absolute Gasteiger partial charge is 0.275 e. The summed E-state index contributed by atoms with van der Waals surface area (Å²) in [6.07, 6.45) is 1.34. The highest BCUT2D eigenvalue weighted by Crippen LogP contribution is 2.17. The summed E-state index contributed by atoms with van der Waals surface area (Å²) in [7, 11) is 0. The number of amides is 1. The predicted octanol–water partition coefficient (Wildman–Crippen LogP) is 2.76. The van der Waals surface area contributed by atoms with Crippen molar-refractivity contribution in [2.45, 2.75) is 6.92 Å². The van der Waals surface area contributed by atoms with Crippen LogP contribution in [0.25, 0.3) is 0 Å². The van der Waals surface area contributed by atoms with Crippen molar-refractivity contribution in [3.63, 3.8) is 0 Å². The van der Waals surface area contributed by atoms with Crippen molar-refractivity contribution in [2.75, 3.05) is 6.61 Å². The third-order valence-electron chi connectivity index (χ3n) is 2.89. The normalized spacial score (nSPS) is 10.5. The first-order chi connectivity index (χ1) is 11.1. The van der Waals surface area contributed by atoms with Crippen LogP contribution in [0.1, 0.15) is 22.8 Å². The van der Waals surface area contributed by atoms with Crippen LogP contribution in [-0.2, 0) is 0 Å². The van der Waals surface area contributed by atoms with Gasteiger partial charge in [0.25, 0.3) is 11.6 Å². The summed E-state index contributed by atoms with van der Waals surface area (Å²) in [5.74, 6) is 0.0498. The molecule has 7 heteroatoms. The Balaban J connectivity index is 2.07. The number of nitrogens with zero attached hydrogens (tertiary/aromatic N) is 2. The molecule has 0 radical (unpaired) electrons. The minimum absolute atomic E-state index is 0.0398. The van der Waals surface area contributed by atoms with Crippen molar-refractivity contribution in [3.8, 4) is 5.75 Å². The first-order valence-corrected chi connectivity index (χ1v) is 6.91. The summed E-state index contributed by atoms with van der Waals surface area (Å²) in [6, 6.07) is 12.8. The summed E-state index contributed by atoms with van der Waals surface area (Å²) < 4.78 is 5.38. The van der Waals surface area contributed by atoms with Crippen LogP contribution in [0.4, 0.5) is 5.69 Å². The molecule has 2 rings (SSSR count). The molecule has 23 heavy (non-hydrogen) atoms. The van der Waals surface area contributed by atoms with E-state index in [4.69, 9.17) is 4.74 Å². The lowest BCUT2D eigenvalue weighted by Gasteiger charge is -2.08. The number of carbonyl (C=O) groups is 1. The molecular weight excluding hydrogens is 298 g/mol. The fraction of sp³-hybridized carbons (Fsp3) is 0.125. The van der Waals surface area contributed by atoms with Gasteiger partial charge in [0, 0.05) is 17.7 Å². The monoisotopic (exact) mass is 313 g/mol. The van der Waals surface area contributed by atoms with Crippen molar-refractivity contribution in [1.29, 1.82) is 0 Å². The van der Waals surface area contributed by atoms with E-state index in [1.807, 2.05) is 6.92 Å². The maximum atomic E-state index is 12.1. The van der Waals surface area contributed by atoms with Crippen molar-refractivity contribution in [2.24, 2.45) is 5.10 Å². The fourth-order valence-corrected chi connectivity index (χ4v) is 1.88. The van der Waals surface area contributed by atoms with Gasteiger partial charge in [-0.25, -0.2) is 5.43 Å². The van der Waals surface area contributed by atoms with Crippen LogP contribution in [0.2, 0.25) is 0 Å². The summed E-state index contributed by atoms with van der Waals surface area (Å²) in [5.41, 5.74) is 3.21. The molecule has 0 atom stereocenters. The first-order valence-electron chi connectivity index (χ1n) is 6.91. The lowest BCUT2D eigenvalue weighted by Crippen LogP contribution is -2.18. The van der Waals surface area contributed by atoms with Gasteiger partial charge in [-0.3, -0.25) is 14.9 Å². The van der Waals surface area contributed by atoms with Crippen LogP contribution in [0, 0.1) is 10.1 Å². The zero-order valence-corrected chi connectivity index (χ0v) is 12.4. The van der Waals surface area contributed by atoms with Gasteiger partial charge in [0.15, 0.2) is 0 Å². The number of rotatable bonds is 6. The van der Waals surface area contributed by atoms with E-state index in [1.54, 1.807) is 36.4 Å². The van der Waals surface area contributed by atoms with Crippen molar-refractivity contribution in [3.05, 3.63) is 69.8 Å². The highest BCUT2D eigenvalue weighted by atomic mass is 16.6. The second kappa shape index (κ2) is 7.69. The second-order valence-electron chi connectivity index (χ2n) is 4.48. The molecular formula is C16H15N3O4. The molecule has 0 aliphatic rings. The molecule has 0 saturated heterocycles. The number of para-hydroxylation sites is 1. The number of hydrogen-bond acceptors (Lipinski definition) is 5. The van der Waals surface area contributed by atoms with E-state index in [2.05, 4.69) is 10.5 Å². The van der Waals surface area contributed by atoms with Gasteiger partial charge in [-0.15, -0.1) is 0 Å². The quantitative estimate of drug-likeness (QED) is 0.504. The number of nitro groups is 1. The number of nitrogens with one attached hydrogen (secondary N) is 1. The number of nitro benzene ring substituents is 1. The van der Waals surface area contributed by atoms with E-state index in [9.17, 15) is 14.9 Å². The van der Waals surface area contributed by atoms with E-state index in [-0.39, 0.29) is 5.69 Å². The summed E-state index contributed by atoms with van der Waals surface area (Å²) in [6.45, 7) is 2.27. The summed E-state index contributed by atoms with van der Waals surface area (Å²) >= 11 is 0. The Morgan fingerprint density at radius 3 is 2.83 bits per heavy atom. The van der Waals surface area contributed by atoms with Crippen LogP contribution in [-0.4, -0.2) is 23.7 Å². The van der Waals surface area contributed by atoms with E-state index in [0.717, 1.165) is 0 Å². The molecule has 0 unspecified atom stereocenters. The number of benzene rings is 2. The largest absolute Gasteiger partial charge is 0.493 e. The molecule has 7 nitrogen and oxygen atoms in total. The number of ether oxygens (including phenoxy) is 1. The molecule has 0 aliphatic heterocycles. The van der Waals surface area contributed by atoms with E-state index in [0.29, 0.717) is 23.5 Å². The third-order valence-corrected chi connectivity index (χ3v) is 2.89. The summed E-state index contributed by atoms with van der Waals surface area (Å²) in [4.78, 5) is 22.3. The van der Waals surface area contributed by atoms with Gasteiger partial charge in [0.2, 0.25) is 0 Å². The molecule has 0 aliphatic carbocycles. The maximum absolute atomic E-state index is 12.1. The van der Waals surface area contributed by atoms with Crippen molar-refractivity contribution in [1.82, 2.24) is 5.43 Å². The Labute approximate surface area is 132 Å². The molecule has 1 N–H and O–H groups in total.